The number of hydrogen-bond acceptors (Lipinski definition) is 2. The standard InChI is InChI=1S/C23H30N2O/c1-3-24(4-2)22-15-13-20(14-16-22)23(26)25-17-9-8-12-21(18-25)19-10-6-5-7-11-19/h5-7,10-11,13-16,21H,3-4,8-9,12,17-18H2,1-2H3. The molecule has 2 aromatic rings. The van der Waals surface area contributed by atoms with Gasteiger partial charge in [-0.25, -0.2) is 0 Å². The number of carbonyl (C=O) groups is 1. The molecular formula is C23H30N2O. The van der Waals surface area contributed by atoms with Crippen LogP contribution in [-0.2, 0) is 0 Å². The second-order valence-corrected chi connectivity index (χ2v) is 7.07. The first-order valence-electron chi connectivity index (χ1n) is 9.92. The van der Waals surface area contributed by atoms with Gasteiger partial charge in [0.1, 0.15) is 0 Å². The summed E-state index contributed by atoms with van der Waals surface area (Å²) in [5.74, 6) is 0.608. The number of carbonyl (C=O) groups excluding carboxylic acids is 1. The molecule has 3 heteroatoms. The van der Waals surface area contributed by atoms with Crippen molar-refractivity contribution in [3.8, 4) is 0 Å². The molecule has 0 spiro atoms. The molecule has 0 aliphatic carbocycles. The van der Waals surface area contributed by atoms with Gasteiger partial charge in [-0.2, -0.15) is 0 Å². The van der Waals surface area contributed by atoms with E-state index in [9.17, 15) is 4.79 Å². The molecule has 0 radical (unpaired) electrons. The number of amides is 1. The van der Waals surface area contributed by atoms with Crippen molar-refractivity contribution in [2.24, 2.45) is 0 Å². The Morgan fingerprint density at radius 2 is 1.69 bits per heavy atom. The molecule has 1 aliphatic heterocycles. The molecule has 0 N–H and O–H groups in total. The highest BCUT2D eigenvalue weighted by molar-refractivity contribution is 5.94. The van der Waals surface area contributed by atoms with Gasteiger partial charge in [0.15, 0.2) is 0 Å². The molecule has 1 aliphatic rings. The van der Waals surface area contributed by atoms with E-state index in [2.05, 4.69) is 66.1 Å². The van der Waals surface area contributed by atoms with E-state index in [0.29, 0.717) is 5.92 Å². The van der Waals surface area contributed by atoms with Crippen molar-refractivity contribution in [3.05, 3.63) is 65.7 Å². The van der Waals surface area contributed by atoms with Crippen LogP contribution in [0, 0.1) is 0 Å². The zero-order valence-electron chi connectivity index (χ0n) is 16.0. The molecular weight excluding hydrogens is 320 g/mol. The van der Waals surface area contributed by atoms with Gasteiger partial charge in [-0.1, -0.05) is 36.8 Å². The van der Waals surface area contributed by atoms with E-state index in [-0.39, 0.29) is 5.91 Å². The largest absolute Gasteiger partial charge is 0.372 e. The van der Waals surface area contributed by atoms with Crippen molar-refractivity contribution in [3.63, 3.8) is 0 Å². The van der Waals surface area contributed by atoms with Gasteiger partial charge in [0, 0.05) is 43.3 Å². The summed E-state index contributed by atoms with van der Waals surface area (Å²) in [6.07, 6.45) is 3.44. The maximum absolute atomic E-state index is 13.1. The lowest BCUT2D eigenvalue weighted by Gasteiger charge is -2.25. The molecule has 138 valence electrons. The monoisotopic (exact) mass is 350 g/mol. The lowest BCUT2D eigenvalue weighted by atomic mass is 9.94. The summed E-state index contributed by atoms with van der Waals surface area (Å²) in [5.41, 5.74) is 3.34. The Morgan fingerprint density at radius 1 is 1.00 bits per heavy atom. The number of rotatable bonds is 5. The average Bonchev–Trinajstić information content (AvgIpc) is 2.96. The first kappa shape index (κ1) is 18.5. The molecule has 3 rings (SSSR count). The lowest BCUT2D eigenvalue weighted by molar-refractivity contribution is 0.0754. The Hall–Kier alpha value is -2.29. The number of benzene rings is 2. The van der Waals surface area contributed by atoms with Crippen molar-refractivity contribution in [2.45, 2.75) is 39.0 Å². The molecule has 3 nitrogen and oxygen atoms in total. The van der Waals surface area contributed by atoms with E-state index in [1.165, 1.54) is 17.7 Å². The average molecular weight is 351 g/mol. The predicted molar refractivity (Wildman–Crippen MR) is 109 cm³/mol. The highest BCUT2D eigenvalue weighted by atomic mass is 16.2. The highest BCUT2D eigenvalue weighted by Crippen LogP contribution is 2.27. The summed E-state index contributed by atoms with van der Waals surface area (Å²) in [6, 6.07) is 18.8. The smallest absolute Gasteiger partial charge is 0.253 e. The Balaban J connectivity index is 1.73. The molecule has 0 saturated carbocycles. The molecule has 26 heavy (non-hydrogen) atoms. The Bertz CT molecular complexity index is 692. The van der Waals surface area contributed by atoms with Crippen LogP contribution < -0.4 is 4.90 Å². The Labute approximate surface area is 157 Å². The second kappa shape index (κ2) is 8.88. The maximum Gasteiger partial charge on any atom is 0.253 e. The number of anilines is 1. The minimum Gasteiger partial charge on any atom is -0.372 e. The number of hydrogen-bond donors (Lipinski definition) is 0. The summed E-state index contributed by atoms with van der Waals surface area (Å²) in [5, 5.41) is 0. The van der Waals surface area contributed by atoms with Crippen LogP contribution in [0.3, 0.4) is 0 Å². The minimum atomic E-state index is 0.166. The molecule has 1 fully saturated rings. The van der Waals surface area contributed by atoms with Gasteiger partial charge in [-0.3, -0.25) is 4.79 Å². The van der Waals surface area contributed by atoms with Crippen LogP contribution in [0.25, 0.3) is 0 Å². The Kier molecular flexibility index (Phi) is 6.32. The third-order valence-corrected chi connectivity index (χ3v) is 5.47. The topological polar surface area (TPSA) is 23.6 Å². The van der Waals surface area contributed by atoms with Crippen LogP contribution in [0.2, 0.25) is 0 Å². The molecule has 1 heterocycles. The highest BCUT2D eigenvalue weighted by Gasteiger charge is 2.24. The fourth-order valence-corrected chi connectivity index (χ4v) is 3.91. The fourth-order valence-electron chi connectivity index (χ4n) is 3.91. The van der Waals surface area contributed by atoms with E-state index < -0.39 is 0 Å². The van der Waals surface area contributed by atoms with Crippen molar-refractivity contribution >= 4 is 11.6 Å². The fraction of sp³-hybridized carbons (Fsp3) is 0.435. The lowest BCUT2D eigenvalue weighted by Crippen LogP contribution is -2.34. The molecule has 0 bridgehead atoms. The van der Waals surface area contributed by atoms with Crippen LogP contribution in [0.4, 0.5) is 5.69 Å². The number of nitrogens with zero attached hydrogens (tertiary/aromatic N) is 2. The quantitative estimate of drug-likeness (QED) is 0.762. The van der Waals surface area contributed by atoms with Crippen LogP contribution in [0.5, 0.6) is 0 Å². The molecule has 1 unspecified atom stereocenters. The van der Waals surface area contributed by atoms with Crippen LogP contribution in [0.15, 0.2) is 54.6 Å². The summed E-state index contributed by atoms with van der Waals surface area (Å²) in [4.78, 5) is 17.4. The van der Waals surface area contributed by atoms with Gasteiger partial charge in [0.05, 0.1) is 0 Å². The molecule has 1 saturated heterocycles. The SMILES string of the molecule is CCN(CC)c1ccc(C(=O)N2CCCCC(c3ccccc3)C2)cc1. The van der Waals surface area contributed by atoms with Gasteiger partial charge in [-0.15, -0.1) is 0 Å². The minimum absolute atomic E-state index is 0.166. The maximum atomic E-state index is 13.1. The molecule has 1 amide bonds. The normalized spacial score (nSPS) is 17.6. The van der Waals surface area contributed by atoms with Gasteiger partial charge in [0.25, 0.3) is 5.91 Å². The zero-order valence-corrected chi connectivity index (χ0v) is 16.0. The zero-order chi connectivity index (χ0) is 18.4. The molecule has 1 atom stereocenters. The molecule has 0 aromatic heterocycles. The van der Waals surface area contributed by atoms with Gasteiger partial charge in [-0.05, 0) is 56.5 Å². The summed E-state index contributed by atoms with van der Waals surface area (Å²) in [6.45, 7) is 7.96. The van der Waals surface area contributed by atoms with E-state index in [1.807, 2.05) is 12.1 Å². The first-order valence-corrected chi connectivity index (χ1v) is 9.92. The van der Waals surface area contributed by atoms with Crippen LogP contribution in [-0.4, -0.2) is 37.0 Å². The van der Waals surface area contributed by atoms with E-state index >= 15 is 0 Å². The summed E-state index contributed by atoms with van der Waals surface area (Å²) in [7, 11) is 0. The third kappa shape index (κ3) is 4.27. The molecule has 2 aromatic carbocycles. The van der Waals surface area contributed by atoms with Crippen molar-refractivity contribution in [1.29, 1.82) is 0 Å². The third-order valence-electron chi connectivity index (χ3n) is 5.47. The van der Waals surface area contributed by atoms with Gasteiger partial charge >= 0.3 is 0 Å². The summed E-state index contributed by atoms with van der Waals surface area (Å²) < 4.78 is 0. The van der Waals surface area contributed by atoms with Crippen molar-refractivity contribution in [2.75, 3.05) is 31.1 Å². The van der Waals surface area contributed by atoms with Crippen molar-refractivity contribution < 1.29 is 4.79 Å². The van der Waals surface area contributed by atoms with E-state index in [0.717, 1.165) is 44.6 Å². The van der Waals surface area contributed by atoms with Crippen molar-refractivity contribution in [1.82, 2.24) is 4.90 Å². The van der Waals surface area contributed by atoms with E-state index in [1.54, 1.807) is 0 Å². The predicted octanol–water partition coefficient (Wildman–Crippen LogP) is 4.94. The van der Waals surface area contributed by atoms with Crippen LogP contribution >= 0.6 is 0 Å². The van der Waals surface area contributed by atoms with Gasteiger partial charge < -0.3 is 9.80 Å². The first-order chi connectivity index (χ1) is 12.7. The van der Waals surface area contributed by atoms with E-state index in [4.69, 9.17) is 0 Å². The second-order valence-electron chi connectivity index (χ2n) is 7.07. The van der Waals surface area contributed by atoms with Gasteiger partial charge in [0.2, 0.25) is 0 Å². The van der Waals surface area contributed by atoms with Crippen LogP contribution in [0.1, 0.15) is 54.9 Å². The summed E-state index contributed by atoms with van der Waals surface area (Å²) >= 11 is 0. The Morgan fingerprint density at radius 3 is 2.35 bits per heavy atom. The number of likely N-dealkylation sites (tertiary alicyclic amines) is 1.